The zero-order valence-corrected chi connectivity index (χ0v) is 14.0. The standard InChI is InChI=1S/C20H20N2O2/c1-13-4-9-19(21-12-13)22-20(23)14(2)15-5-6-17-11-18(24-3)8-7-16(17)10-15/h4-12,14H,1-3H3,(H,21,22,23)/t14-/m0/s1. The lowest BCUT2D eigenvalue weighted by Gasteiger charge is -2.13. The number of fused-ring (bicyclic) bond motifs is 1. The molecule has 4 heteroatoms. The van der Waals surface area contributed by atoms with Crippen molar-refractivity contribution in [2.45, 2.75) is 19.8 Å². The van der Waals surface area contributed by atoms with E-state index in [4.69, 9.17) is 4.74 Å². The fraction of sp³-hybridized carbons (Fsp3) is 0.200. The number of hydrogen-bond donors (Lipinski definition) is 1. The minimum absolute atomic E-state index is 0.0702. The number of nitrogens with zero attached hydrogens (tertiary/aromatic N) is 1. The van der Waals surface area contributed by atoms with Gasteiger partial charge in [-0.05, 0) is 53.9 Å². The number of ether oxygens (including phenoxy) is 1. The molecule has 1 aromatic heterocycles. The number of carbonyl (C=O) groups excluding carboxylic acids is 1. The van der Waals surface area contributed by atoms with Crippen LogP contribution in [0.2, 0.25) is 0 Å². The molecule has 0 bridgehead atoms. The monoisotopic (exact) mass is 320 g/mol. The van der Waals surface area contributed by atoms with E-state index < -0.39 is 0 Å². The van der Waals surface area contributed by atoms with Crippen LogP contribution in [0.15, 0.2) is 54.7 Å². The number of pyridine rings is 1. The normalized spacial score (nSPS) is 12.0. The smallest absolute Gasteiger partial charge is 0.232 e. The number of methoxy groups -OCH3 is 1. The first kappa shape index (κ1) is 16.0. The summed E-state index contributed by atoms with van der Waals surface area (Å²) in [7, 11) is 1.65. The number of rotatable bonds is 4. The summed E-state index contributed by atoms with van der Waals surface area (Å²) in [5.74, 6) is 1.06. The van der Waals surface area contributed by atoms with Crippen molar-refractivity contribution in [1.82, 2.24) is 4.98 Å². The van der Waals surface area contributed by atoms with Crippen molar-refractivity contribution in [2.75, 3.05) is 12.4 Å². The molecule has 122 valence electrons. The first-order valence-corrected chi connectivity index (χ1v) is 7.88. The average Bonchev–Trinajstić information content (AvgIpc) is 2.62. The largest absolute Gasteiger partial charge is 0.497 e. The van der Waals surface area contributed by atoms with Crippen molar-refractivity contribution in [3.63, 3.8) is 0 Å². The third-order valence-corrected chi connectivity index (χ3v) is 4.13. The topological polar surface area (TPSA) is 51.2 Å². The third-order valence-electron chi connectivity index (χ3n) is 4.13. The van der Waals surface area contributed by atoms with E-state index >= 15 is 0 Å². The predicted octanol–water partition coefficient (Wildman–Crippen LogP) is 4.29. The Morgan fingerprint density at radius 1 is 1.08 bits per heavy atom. The first-order valence-electron chi connectivity index (χ1n) is 7.88. The Morgan fingerprint density at radius 3 is 2.54 bits per heavy atom. The van der Waals surface area contributed by atoms with Crippen LogP contribution in [0, 0.1) is 6.92 Å². The molecule has 0 aliphatic heterocycles. The Morgan fingerprint density at radius 2 is 1.83 bits per heavy atom. The zero-order chi connectivity index (χ0) is 17.1. The Hall–Kier alpha value is -2.88. The van der Waals surface area contributed by atoms with Gasteiger partial charge >= 0.3 is 0 Å². The first-order chi connectivity index (χ1) is 11.6. The van der Waals surface area contributed by atoms with Gasteiger partial charge in [-0.25, -0.2) is 4.98 Å². The van der Waals surface area contributed by atoms with Crippen LogP contribution in [0.4, 0.5) is 5.82 Å². The Kier molecular flexibility index (Phi) is 4.47. The summed E-state index contributed by atoms with van der Waals surface area (Å²) in [4.78, 5) is 16.7. The molecule has 1 N–H and O–H groups in total. The van der Waals surface area contributed by atoms with Crippen LogP contribution in [-0.2, 0) is 4.79 Å². The SMILES string of the molecule is COc1ccc2cc([C@H](C)C(=O)Nc3ccc(C)cn3)ccc2c1. The molecule has 1 heterocycles. The lowest BCUT2D eigenvalue weighted by Crippen LogP contribution is -2.19. The van der Waals surface area contributed by atoms with E-state index in [1.165, 1.54) is 0 Å². The van der Waals surface area contributed by atoms with E-state index in [1.807, 2.05) is 62.4 Å². The maximum absolute atomic E-state index is 12.5. The molecule has 0 aliphatic carbocycles. The number of aromatic nitrogens is 1. The van der Waals surface area contributed by atoms with Gasteiger partial charge < -0.3 is 10.1 Å². The highest BCUT2D eigenvalue weighted by Gasteiger charge is 2.16. The number of carbonyl (C=O) groups is 1. The predicted molar refractivity (Wildman–Crippen MR) is 96.5 cm³/mol. The summed E-state index contributed by atoms with van der Waals surface area (Å²) in [5, 5.41) is 5.04. The number of nitrogens with one attached hydrogen (secondary N) is 1. The molecule has 2 aromatic carbocycles. The fourth-order valence-corrected chi connectivity index (χ4v) is 2.57. The third kappa shape index (κ3) is 3.38. The molecule has 0 saturated heterocycles. The maximum Gasteiger partial charge on any atom is 0.232 e. The van der Waals surface area contributed by atoms with Gasteiger partial charge in [0.25, 0.3) is 0 Å². The molecule has 0 fully saturated rings. The number of benzene rings is 2. The lowest BCUT2D eigenvalue weighted by molar-refractivity contribution is -0.117. The van der Waals surface area contributed by atoms with Gasteiger partial charge in [-0.2, -0.15) is 0 Å². The van der Waals surface area contributed by atoms with Gasteiger partial charge in [0.15, 0.2) is 0 Å². The van der Waals surface area contributed by atoms with Crippen LogP contribution >= 0.6 is 0 Å². The Labute approximate surface area is 141 Å². The zero-order valence-electron chi connectivity index (χ0n) is 14.0. The van der Waals surface area contributed by atoms with E-state index in [-0.39, 0.29) is 11.8 Å². The van der Waals surface area contributed by atoms with Crippen LogP contribution in [-0.4, -0.2) is 18.0 Å². The van der Waals surface area contributed by atoms with Crippen molar-refractivity contribution in [3.8, 4) is 5.75 Å². The second kappa shape index (κ2) is 6.71. The highest BCUT2D eigenvalue weighted by Crippen LogP contribution is 2.25. The highest BCUT2D eigenvalue weighted by molar-refractivity contribution is 5.96. The second-order valence-corrected chi connectivity index (χ2v) is 5.90. The summed E-state index contributed by atoms with van der Waals surface area (Å²) in [6.45, 7) is 3.86. The van der Waals surface area contributed by atoms with Gasteiger partial charge in [0, 0.05) is 6.20 Å². The molecule has 1 amide bonds. The number of hydrogen-bond acceptors (Lipinski definition) is 3. The molecule has 0 saturated carbocycles. The molecular formula is C20H20N2O2. The average molecular weight is 320 g/mol. The van der Waals surface area contributed by atoms with Crippen LogP contribution in [0.5, 0.6) is 5.75 Å². The number of anilines is 1. The van der Waals surface area contributed by atoms with Crippen LogP contribution in [0.3, 0.4) is 0 Å². The van der Waals surface area contributed by atoms with Gasteiger partial charge in [0.2, 0.25) is 5.91 Å². The van der Waals surface area contributed by atoms with Crippen molar-refractivity contribution in [3.05, 3.63) is 65.9 Å². The number of aryl methyl sites for hydroxylation is 1. The van der Waals surface area contributed by atoms with Crippen molar-refractivity contribution < 1.29 is 9.53 Å². The molecule has 0 aliphatic rings. The summed E-state index contributed by atoms with van der Waals surface area (Å²) >= 11 is 0. The number of amides is 1. The summed E-state index contributed by atoms with van der Waals surface area (Å²) in [6, 6.07) is 15.7. The molecule has 0 spiro atoms. The van der Waals surface area contributed by atoms with E-state index in [9.17, 15) is 4.79 Å². The van der Waals surface area contributed by atoms with E-state index in [0.29, 0.717) is 5.82 Å². The van der Waals surface area contributed by atoms with Gasteiger partial charge in [-0.15, -0.1) is 0 Å². The van der Waals surface area contributed by atoms with Crippen molar-refractivity contribution in [2.24, 2.45) is 0 Å². The van der Waals surface area contributed by atoms with Crippen LogP contribution < -0.4 is 10.1 Å². The van der Waals surface area contributed by atoms with Crippen molar-refractivity contribution >= 4 is 22.5 Å². The molecular weight excluding hydrogens is 300 g/mol. The highest BCUT2D eigenvalue weighted by atomic mass is 16.5. The van der Waals surface area contributed by atoms with Crippen LogP contribution in [0.25, 0.3) is 10.8 Å². The molecule has 0 radical (unpaired) electrons. The lowest BCUT2D eigenvalue weighted by atomic mass is 9.97. The van der Waals surface area contributed by atoms with Gasteiger partial charge in [-0.1, -0.05) is 30.3 Å². The molecule has 0 unspecified atom stereocenters. The second-order valence-electron chi connectivity index (χ2n) is 5.90. The summed E-state index contributed by atoms with van der Waals surface area (Å²) < 4.78 is 5.24. The minimum Gasteiger partial charge on any atom is -0.497 e. The quantitative estimate of drug-likeness (QED) is 0.780. The van der Waals surface area contributed by atoms with E-state index in [2.05, 4.69) is 10.3 Å². The minimum atomic E-state index is -0.264. The van der Waals surface area contributed by atoms with Gasteiger partial charge in [-0.3, -0.25) is 4.79 Å². The molecule has 24 heavy (non-hydrogen) atoms. The van der Waals surface area contributed by atoms with Crippen molar-refractivity contribution in [1.29, 1.82) is 0 Å². The van der Waals surface area contributed by atoms with Gasteiger partial charge in [0.1, 0.15) is 11.6 Å². The maximum atomic E-state index is 12.5. The Bertz CT molecular complexity index is 872. The van der Waals surface area contributed by atoms with E-state index in [0.717, 1.165) is 27.6 Å². The molecule has 4 nitrogen and oxygen atoms in total. The molecule has 3 rings (SSSR count). The summed E-state index contributed by atoms with van der Waals surface area (Å²) in [5.41, 5.74) is 2.03. The molecule has 1 atom stereocenters. The Balaban J connectivity index is 1.80. The molecule has 3 aromatic rings. The van der Waals surface area contributed by atoms with Gasteiger partial charge in [0.05, 0.1) is 13.0 Å². The fourth-order valence-electron chi connectivity index (χ4n) is 2.57. The van der Waals surface area contributed by atoms with E-state index in [1.54, 1.807) is 13.3 Å². The summed E-state index contributed by atoms with van der Waals surface area (Å²) in [6.07, 6.45) is 1.74. The van der Waals surface area contributed by atoms with Crippen LogP contribution in [0.1, 0.15) is 24.0 Å².